The van der Waals surface area contributed by atoms with E-state index in [2.05, 4.69) is 15.0 Å². The van der Waals surface area contributed by atoms with Crippen molar-refractivity contribution in [3.05, 3.63) is 23.9 Å². The number of aliphatic hydroxyl groups excluding tert-OH is 1. The van der Waals surface area contributed by atoms with Gasteiger partial charge in [0.2, 0.25) is 0 Å². The molecule has 1 amide bonds. The summed E-state index contributed by atoms with van der Waals surface area (Å²) < 4.78 is 4.51. The third-order valence-corrected chi connectivity index (χ3v) is 1.81. The summed E-state index contributed by atoms with van der Waals surface area (Å²) in [5.41, 5.74) is 0.276. The molecule has 0 saturated carbocycles. The van der Waals surface area contributed by atoms with Crippen LogP contribution in [0.25, 0.3) is 0 Å². The molecule has 0 unspecified atom stereocenters. The van der Waals surface area contributed by atoms with E-state index in [0.717, 1.165) is 0 Å². The summed E-state index contributed by atoms with van der Waals surface area (Å²) in [6.07, 6.45) is 0.229. The predicted octanol–water partition coefficient (Wildman–Crippen LogP) is 0.187. The summed E-state index contributed by atoms with van der Waals surface area (Å²) in [6.45, 7) is 1.33. The van der Waals surface area contributed by atoms with Crippen LogP contribution in [0.1, 0.15) is 17.3 Å². The number of aromatic nitrogens is 1. The van der Waals surface area contributed by atoms with Crippen LogP contribution in [-0.4, -0.2) is 35.2 Å². The van der Waals surface area contributed by atoms with Crippen LogP contribution >= 0.6 is 0 Å². The number of pyridine rings is 1. The van der Waals surface area contributed by atoms with E-state index in [4.69, 9.17) is 5.11 Å². The number of aliphatic hydroxyl groups is 1. The van der Waals surface area contributed by atoms with Crippen LogP contribution in [0.4, 0.5) is 5.82 Å². The van der Waals surface area contributed by atoms with E-state index in [-0.39, 0.29) is 11.4 Å². The van der Waals surface area contributed by atoms with Crippen molar-refractivity contribution in [3.8, 4) is 0 Å². The number of hydrogen-bond donors (Lipinski definition) is 2. The molecule has 0 aliphatic rings. The number of rotatable bonds is 3. The van der Waals surface area contributed by atoms with Gasteiger partial charge in [-0.2, -0.15) is 0 Å². The predicted molar refractivity (Wildman–Crippen MR) is 55.9 cm³/mol. The van der Waals surface area contributed by atoms with Crippen molar-refractivity contribution in [1.82, 2.24) is 4.98 Å². The Balaban J connectivity index is 2.83. The van der Waals surface area contributed by atoms with Gasteiger partial charge >= 0.3 is 5.97 Å². The number of carbonyl (C=O) groups is 2. The van der Waals surface area contributed by atoms with Gasteiger partial charge in [-0.25, -0.2) is 9.78 Å². The lowest BCUT2D eigenvalue weighted by atomic mass is 10.2. The van der Waals surface area contributed by atoms with Gasteiger partial charge in [-0.05, 0) is 19.1 Å². The van der Waals surface area contributed by atoms with Crippen molar-refractivity contribution in [3.63, 3.8) is 0 Å². The summed E-state index contributed by atoms with van der Waals surface area (Å²) in [6, 6.07) is 2.83. The number of nitrogens with zero attached hydrogens (tertiary/aromatic N) is 1. The van der Waals surface area contributed by atoms with E-state index in [9.17, 15) is 9.59 Å². The Bertz CT molecular complexity index is 404. The lowest BCUT2D eigenvalue weighted by Crippen LogP contribution is -2.25. The molecule has 1 rings (SSSR count). The highest BCUT2D eigenvalue weighted by Crippen LogP contribution is 2.08. The van der Waals surface area contributed by atoms with Gasteiger partial charge in [0.05, 0.1) is 12.7 Å². The highest BCUT2D eigenvalue weighted by atomic mass is 16.5. The zero-order valence-electron chi connectivity index (χ0n) is 8.93. The smallest absolute Gasteiger partial charge is 0.338 e. The first-order valence-corrected chi connectivity index (χ1v) is 4.58. The molecule has 6 heteroatoms. The maximum Gasteiger partial charge on any atom is 0.338 e. The molecule has 1 atom stereocenters. The maximum absolute atomic E-state index is 11.2. The van der Waals surface area contributed by atoms with Gasteiger partial charge in [0.25, 0.3) is 5.91 Å². The van der Waals surface area contributed by atoms with E-state index in [1.165, 1.54) is 32.4 Å². The second-order valence-electron chi connectivity index (χ2n) is 3.09. The molecule has 0 bridgehead atoms. The standard InChI is InChI=1S/C10H12N2O4/c1-6(13)9(14)12-8-5-7(3-4-11-8)10(15)16-2/h3-6,13H,1-2H3,(H,11,12,14)/t6-/m0/s1. The molecule has 2 N–H and O–H groups in total. The summed E-state index contributed by atoms with van der Waals surface area (Å²) in [5.74, 6) is -0.918. The Kier molecular flexibility index (Phi) is 3.96. The van der Waals surface area contributed by atoms with Crippen LogP contribution in [0.2, 0.25) is 0 Å². The number of amides is 1. The van der Waals surface area contributed by atoms with Crippen LogP contribution in [-0.2, 0) is 9.53 Å². The van der Waals surface area contributed by atoms with Crippen molar-refractivity contribution < 1.29 is 19.4 Å². The average Bonchev–Trinajstić information content (AvgIpc) is 2.28. The van der Waals surface area contributed by atoms with E-state index >= 15 is 0 Å². The lowest BCUT2D eigenvalue weighted by Gasteiger charge is -2.06. The molecule has 0 aliphatic heterocycles. The first-order chi connectivity index (χ1) is 7.54. The van der Waals surface area contributed by atoms with Crippen molar-refractivity contribution in [2.24, 2.45) is 0 Å². The van der Waals surface area contributed by atoms with Crippen molar-refractivity contribution in [2.75, 3.05) is 12.4 Å². The highest BCUT2D eigenvalue weighted by molar-refractivity contribution is 5.95. The van der Waals surface area contributed by atoms with Crippen molar-refractivity contribution in [1.29, 1.82) is 0 Å². The number of methoxy groups -OCH3 is 1. The summed E-state index contributed by atoms with van der Waals surface area (Å²) in [4.78, 5) is 26.1. The number of hydrogen-bond acceptors (Lipinski definition) is 5. The normalized spacial score (nSPS) is 11.7. The number of anilines is 1. The first-order valence-electron chi connectivity index (χ1n) is 4.58. The van der Waals surface area contributed by atoms with Gasteiger partial charge in [-0.1, -0.05) is 0 Å². The maximum atomic E-state index is 11.2. The molecule has 0 aromatic carbocycles. The molecular weight excluding hydrogens is 212 g/mol. The molecule has 1 aromatic rings. The quantitative estimate of drug-likeness (QED) is 0.715. The topological polar surface area (TPSA) is 88.5 Å². The Morgan fingerprint density at radius 3 is 2.81 bits per heavy atom. The molecule has 0 aliphatic carbocycles. The van der Waals surface area contributed by atoms with E-state index in [0.29, 0.717) is 0 Å². The van der Waals surface area contributed by atoms with Crippen LogP contribution in [0.15, 0.2) is 18.3 Å². The first kappa shape index (κ1) is 12.1. The molecule has 1 heterocycles. The molecule has 0 radical (unpaired) electrons. The zero-order valence-corrected chi connectivity index (χ0v) is 8.93. The Hall–Kier alpha value is -1.95. The lowest BCUT2D eigenvalue weighted by molar-refractivity contribution is -0.123. The minimum absolute atomic E-state index is 0.189. The fourth-order valence-electron chi connectivity index (χ4n) is 0.974. The molecule has 86 valence electrons. The summed E-state index contributed by atoms with van der Waals surface area (Å²) in [7, 11) is 1.26. The number of esters is 1. The van der Waals surface area contributed by atoms with Gasteiger partial charge in [-0.15, -0.1) is 0 Å². The van der Waals surface area contributed by atoms with E-state index < -0.39 is 18.0 Å². The SMILES string of the molecule is COC(=O)c1ccnc(NC(=O)[C@H](C)O)c1. The number of carbonyl (C=O) groups excluding carboxylic acids is 2. The fourth-order valence-corrected chi connectivity index (χ4v) is 0.974. The second-order valence-corrected chi connectivity index (χ2v) is 3.09. The van der Waals surface area contributed by atoms with Gasteiger partial charge in [-0.3, -0.25) is 4.79 Å². The summed E-state index contributed by atoms with van der Waals surface area (Å²) in [5, 5.41) is 11.3. The monoisotopic (exact) mass is 224 g/mol. The van der Waals surface area contributed by atoms with E-state index in [1.54, 1.807) is 0 Å². The molecule has 16 heavy (non-hydrogen) atoms. The largest absolute Gasteiger partial charge is 0.465 e. The van der Waals surface area contributed by atoms with Gasteiger partial charge in [0.1, 0.15) is 11.9 Å². The third kappa shape index (κ3) is 3.03. The molecule has 1 aromatic heterocycles. The Labute approximate surface area is 92.3 Å². The van der Waals surface area contributed by atoms with Crippen LogP contribution in [0.3, 0.4) is 0 Å². The zero-order chi connectivity index (χ0) is 12.1. The highest BCUT2D eigenvalue weighted by Gasteiger charge is 2.11. The minimum Gasteiger partial charge on any atom is -0.465 e. The Morgan fingerprint density at radius 1 is 1.56 bits per heavy atom. The van der Waals surface area contributed by atoms with Crippen molar-refractivity contribution >= 4 is 17.7 Å². The van der Waals surface area contributed by atoms with Gasteiger partial charge in [0.15, 0.2) is 0 Å². The molecule has 0 spiro atoms. The number of nitrogens with one attached hydrogen (secondary N) is 1. The fraction of sp³-hybridized carbons (Fsp3) is 0.300. The van der Waals surface area contributed by atoms with Gasteiger partial charge < -0.3 is 15.2 Å². The third-order valence-electron chi connectivity index (χ3n) is 1.81. The molecule has 0 fully saturated rings. The Morgan fingerprint density at radius 2 is 2.25 bits per heavy atom. The van der Waals surface area contributed by atoms with Crippen LogP contribution in [0.5, 0.6) is 0 Å². The molecule has 0 saturated heterocycles. The van der Waals surface area contributed by atoms with E-state index in [1.807, 2.05) is 0 Å². The average molecular weight is 224 g/mol. The molecule has 6 nitrogen and oxygen atoms in total. The molecular formula is C10H12N2O4. The van der Waals surface area contributed by atoms with Gasteiger partial charge in [0, 0.05) is 6.20 Å². The van der Waals surface area contributed by atoms with Crippen LogP contribution in [0, 0.1) is 0 Å². The number of ether oxygens (including phenoxy) is 1. The van der Waals surface area contributed by atoms with Crippen LogP contribution < -0.4 is 5.32 Å². The van der Waals surface area contributed by atoms with Crippen molar-refractivity contribution in [2.45, 2.75) is 13.0 Å². The summed E-state index contributed by atoms with van der Waals surface area (Å²) >= 11 is 0. The second kappa shape index (κ2) is 5.22. The minimum atomic E-state index is -1.14.